The Bertz CT molecular complexity index is 840. The fraction of sp³-hybridized carbons (Fsp3) is 0.368. The molecule has 150 valence electrons. The molecule has 2 N–H and O–H groups in total. The van der Waals surface area contributed by atoms with Crippen LogP contribution in [0, 0.1) is 19.7 Å². The Morgan fingerprint density at radius 2 is 1.82 bits per heavy atom. The number of aryl methyl sites for hydroxylation is 2. The highest BCUT2D eigenvalue weighted by Crippen LogP contribution is 2.18. The minimum atomic E-state index is -0.978. The summed E-state index contributed by atoms with van der Waals surface area (Å²) in [6.07, 6.45) is 1.54. The number of hydrazine groups is 1. The molecule has 0 aliphatic carbocycles. The quantitative estimate of drug-likeness (QED) is 0.417. The van der Waals surface area contributed by atoms with E-state index in [1.165, 1.54) is 36.9 Å². The zero-order valence-electron chi connectivity index (χ0n) is 16.2. The van der Waals surface area contributed by atoms with Crippen molar-refractivity contribution in [2.24, 2.45) is 0 Å². The van der Waals surface area contributed by atoms with Gasteiger partial charge in [0.25, 0.3) is 5.91 Å². The van der Waals surface area contributed by atoms with Crippen LogP contribution in [0.3, 0.4) is 0 Å². The molecule has 0 aliphatic rings. The summed E-state index contributed by atoms with van der Waals surface area (Å²) in [7, 11) is 0. The maximum atomic E-state index is 13.6. The smallest absolute Gasteiger partial charge is 0.279 e. The number of ether oxygens (including phenoxy) is 1. The number of amides is 2. The van der Waals surface area contributed by atoms with Gasteiger partial charge >= 0.3 is 0 Å². The number of nitrogens with zero attached hydrogens (tertiary/aromatic N) is 2. The molecule has 7 nitrogen and oxygen atoms in total. The number of halogens is 1. The van der Waals surface area contributed by atoms with E-state index in [0.29, 0.717) is 11.6 Å². The van der Waals surface area contributed by atoms with Crippen LogP contribution in [0.2, 0.25) is 0 Å². The first kappa shape index (κ1) is 21.6. The Hall–Kier alpha value is -2.68. The van der Waals surface area contributed by atoms with Crippen molar-refractivity contribution in [3.8, 4) is 5.75 Å². The Kier molecular flexibility index (Phi) is 7.74. The van der Waals surface area contributed by atoms with Gasteiger partial charge in [-0.3, -0.25) is 20.4 Å². The molecule has 28 heavy (non-hydrogen) atoms. The van der Waals surface area contributed by atoms with Crippen molar-refractivity contribution < 1.29 is 18.7 Å². The van der Waals surface area contributed by atoms with E-state index in [1.54, 1.807) is 6.07 Å². The van der Waals surface area contributed by atoms with Crippen molar-refractivity contribution in [2.75, 3.05) is 6.26 Å². The van der Waals surface area contributed by atoms with Crippen molar-refractivity contribution in [2.45, 2.75) is 44.9 Å². The second kappa shape index (κ2) is 10.0. The van der Waals surface area contributed by atoms with Gasteiger partial charge in [0.2, 0.25) is 5.91 Å². The Morgan fingerprint density at radius 3 is 2.43 bits per heavy atom. The van der Waals surface area contributed by atoms with Gasteiger partial charge in [0.05, 0.1) is 0 Å². The fourth-order valence-corrected chi connectivity index (χ4v) is 2.94. The number of thioether (sulfide) groups is 1. The standard InChI is InChI=1S/C19H23FN4O3S/c1-11-14(12(2)22-19(21-11)28-4)9-10-17(25)23-24-18(26)13(3)27-16-8-6-5-7-15(16)20/h5-8,13H,9-10H2,1-4H3,(H,23,25)(H,24,26)/t13-/m0/s1. The van der Waals surface area contributed by atoms with Crippen molar-refractivity contribution in [3.05, 3.63) is 47.0 Å². The van der Waals surface area contributed by atoms with Gasteiger partial charge in [-0.1, -0.05) is 23.9 Å². The molecular formula is C19H23FN4O3S. The molecule has 1 aromatic heterocycles. The third-order valence-corrected chi connectivity index (χ3v) is 4.57. The van der Waals surface area contributed by atoms with Crippen molar-refractivity contribution >= 4 is 23.6 Å². The van der Waals surface area contributed by atoms with Gasteiger partial charge in [0.15, 0.2) is 22.8 Å². The van der Waals surface area contributed by atoms with Gasteiger partial charge in [0, 0.05) is 17.8 Å². The molecule has 1 atom stereocenters. The maximum absolute atomic E-state index is 13.6. The van der Waals surface area contributed by atoms with Crippen LogP contribution in [-0.2, 0) is 16.0 Å². The second-order valence-electron chi connectivity index (χ2n) is 6.09. The van der Waals surface area contributed by atoms with E-state index in [-0.39, 0.29) is 18.1 Å². The van der Waals surface area contributed by atoms with Gasteiger partial charge < -0.3 is 4.74 Å². The first-order valence-corrected chi connectivity index (χ1v) is 9.92. The molecule has 0 aliphatic heterocycles. The van der Waals surface area contributed by atoms with E-state index in [9.17, 15) is 14.0 Å². The van der Waals surface area contributed by atoms with Crippen LogP contribution in [0.15, 0.2) is 29.4 Å². The number of aromatic nitrogens is 2. The lowest BCUT2D eigenvalue weighted by Gasteiger charge is -2.15. The van der Waals surface area contributed by atoms with Gasteiger partial charge in [-0.2, -0.15) is 0 Å². The Labute approximate surface area is 167 Å². The van der Waals surface area contributed by atoms with Gasteiger partial charge in [-0.05, 0) is 51.1 Å². The Morgan fingerprint density at radius 1 is 1.18 bits per heavy atom. The number of hydrogen-bond donors (Lipinski definition) is 2. The number of carbonyl (C=O) groups is 2. The van der Waals surface area contributed by atoms with Crippen LogP contribution < -0.4 is 15.6 Å². The lowest BCUT2D eigenvalue weighted by Crippen LogP contribution is -2.47. The van der Waals surface area contributed by atoms with Crippen LogP contribution in [0.25, 0.3) is 0 Å². The van der Waals surface area contributed by atoms with Crippen LogP contribution >= 0.6 is 11.8 Å². The highest BCUT2D eigenvalue weighted by molar-refractivity contribution is 7.98. The predicted molar refractivity (Wildman–Crippen MR) is 104 cm³/mol. The van der Waals surface area contributed by atoms with Gasteiger partial charge in [-0.25, -0.2) is 14.4 Å². The molecule has 0 spiro atoms. The van der Waals surface area contributed by atoms with Crippen LogP contribution in [0.5, 0.6) is 5.75 Å². The van der Waals surface area contributed by atoms with Gasteiger partial charge in [0.1, 0.15) is 0 Å². The first-order chi connectivity index (χ1) is 13.3. The van der Waals surface area contributed by atoms with Crippen LogP contribution in [0.1, 0.15) is 30.3 Å². The summed E-state index contributed by atoms with van der Waals surface area (Å²) < 4.78 is 18.8. The van der Waals surface area contributed by atoms with Gasteiger partial charge in [-0.15, -0.1) is 0 Å². The number of nitrogens with one attached hydrogen (secondary N) is 2. The van der Waals surface area contributed by atoms with Crippen LogP contribution in [0.4, 0.5) is 4.39 Å². The van der Waals surface area contributed by atoms with Crippen molar-refractivity contribution in [3.63, 3.8) is 0 Å². The Balaban J connectivity index is 1.82. The molecular weight excluding hydrogens is 383 g/mol. The zero-order chi connectivity index (χ0) is 20.7. The predicted octanol–water partition coefficient (Wildman–Crippen LogP) is 2.50. The third kappa shape index (κ3) is 5.91. The number of hydrogen-bond acceptors (Lipinski definition) is 6. The normalized spacial score (nSPS) is 11.6. The summed E-state index contributed by atoms with van der Waals surface area (Å²) in [6, 6.07) is 5.79. The molecule has 0 unspecified atom stereocenters. The third-order valence-electron chi connectivity index (χ3n) is 4.02. The monoisotopic (exact) mass is 406 g/mol. The molecule has 2 aromatic rings. The number of benzene rings is 1. The molecule has 2 rings (SSSR count). The zero-order valence-corrected chi connectivity index (χ0v) is 17.0. The average molecular weight is 406 g/mol. The minimum absolute atomic E-state index is 0.0314. The second-order valence-corrected chi connectivity index (χ2v) is 6.86. The number of para-hydroxylation sites is 1. The molecule has 0 fully saturated rings. The highest BCUT2D eigenvalue weighted by atomic mass is 32.2. The van der Waals surface area contributed by atoms with E-state index in [0.717, 1.165) is 17.0 Å². The average Bonchev–Trinajstić information content (AvgIpc) is 2.66. The largest absolute Gasteiger partial charge is 0.478 e. The summed E-state index contributed by atoms with van der Waals surface area (Å²) in [4.78, 5) is 32.8. The first-order valence-electron chi connectivity index (χ1n) is 8.69. The lowest BCUT2D eigenvalue weighted by atomic mass is 10.1. The SMILES string of the molecule is CSc1nc(C)c(CCC(=O)NNC(=O)[C@H](C)Oc2ccccc2F)c(C)n1. The fourth-order valence-electron chi connectivity index (χ4n) is 2.48. The summed E-state index contributed by atoms with van der Waals surface area (Å²) >= 11 is 1.46. The lowest BCUT2D eigenvalue weighted by molar-refractivity contribution is -0.132. The molecule has 0 saturated carbocycles. The number of carbonyl (C=O) groups excluding carboxylic acids is 2. The topological polar surface area (TPSA) is 93.2 Å². The van der Waals surface area contributed by atoms with Crippen LogP contribution in [-0.4, -0.2) is 34.1 Å². The molecule has 2 amide bonds. The van der Waals surface area contributed by atoms with E-state index in [2.05, 4.69) is 20.8 Å². The van der Waals surface area contributed by atoms with E-state index in [1.807, 2.05) is 20.1 Å². The molecule has 9 heteroatoms. The summed E-state index contributed by atoms with van der Waals surface area (Å²) in [5, 5.41) is 0.694. The molecule has 0 bridgehead atoms. The van der Waals surface area contributed by atoms with Crippen molar-refractivity contribution in [1.29, 1.82) is 0 Å². The van der Waals surface area contributed by atoms with E-state index < -0.39 is 17.8 Å². The van der Waals surface area contributed by atoms with E-state index >= 15 is 0 Å². The molecule has 0 radical (unpaired) electrons. The highest BCUT2D eigenvalue weighted by Gasteiger charge is 2.17. The molecule has 1 aromatic carbocycles. The minimum Gasteiger partial charge on any atom is -0.478 e. The maximum Gasteiger partial charge on any atom is 0.279 e. The molecule has 0 saturated heterocycles. The summed E-state index contributed by atoms with van der Waals surface area (Å²) in [6.45, 7) is 5.22. The van der Waals surface area contributed by atoms with Crippen molar-refractivity contribution in [1.82, 2.24) is 20.8 Å². The van der Waals surface area contributed by atoms with E-state index in [4.69, 9.17) is 4.74 Å². The summed E-state index contributed by atoms with van der Waals surface area (Å²) in [5.41, 5.74) is 7.20. The molecule has 1 heterocycles. The number of rotatable bonds is 7. The summed E-state index contributed by atoms with van der Waals surface area (Å²) in [5.74, 6) is -1.54.